The number of hydrogen-bond donors (Lipinski definition) is 0. The molecule has 0 bridgehead atoms. The van der Waals surface area contributed by atoms with Gasteiger partial charge in [0, 0.05) is 37.4 Å². The molecule has 0 atom stereocenters. The third kappa shape index (κ3) is 3.49. The highest BCUT2D eigenvalue weighted by atomic mass is 19.1. The zero-order valence-electron chi connectivity index (χ0n) is 15.0. The van der Waals surface area contributed by atoms with Gasteiger partial charge in [0.15, 0.2) is 0 Å². The summed E-state index contributed by atoms with van der Waals surface area (Å²) in [6.07, 6.45) is 0. The fourth-order valence-corrected chi connectivity index (χ4v) is 3.24. The van der Waals surface area contributed by atoms with E-state index in [1.165, 1.54) is 12.1 Å². The Bertz CT molecular complexity index is 965. The zero-order chi connectivity index (χ0) is 18.8. The topological polar surface area (TPSA) is 56.3 Å². The second kappa shape index (κ2) is 7.12. The minimum absolute atomic E-state index is 0.235. The third-order valence-corrected chi connectivity index (χ3v) is 4.77. The van der Waals surface area contributed by atoms with Crippen LogP contribution in [0.2, 0.25) is 0 Å². The first-order valence-corrected chi connectivity index (χ1v) is 8.87. The monoisotopic (exact) mass is 362 g/mol. The molecule has 0 saturated carbocycles. The van der Waals surface area contributed by atoms with E-state index in [1.807, 2.05) is 36.1 Å². The van der Waals surface area contributed by atoms with Crippen LogP contribution in [0.25, 0.3) is 11.5 Å². The van der Waals surface area contributed by atoms with E-state index in [0.29, 0.717) is 30.6 Å². The number of halogens is 1. The molecule has 1 aliphatic rings. The first-order valence-electron chi connectivity index (χ1n) is 8.87. The molecule has 2 heterocycles. The highest BCUT2D eigenvalue weighted by Crippen LogP contribution is 2.29. The molecule has 0 amide bonds. The van der Waals surface area contributed by atoms with Crippen molar-refractivity contribution in [3.8, 4) is 17.5 Å². The molecule has 0 spiro atoms. The Labute approximate surface area is 157 Å². The molecule has 0 unspecified atom stereocenters. The van der Waals surface area contributed by atoms with Gasteiger partial charge in [-0.05, 0) is 43.3 Å². The smallest absolute Gasteiger partial charge is 0.235 e. The molecular formula is C21H19FN4O. The summed E-state index contributed by atoms with van der Waals surface area (Å²) in [6, 6.07) is 16.5. The molecule has 1 aliphatic heterocycles. The molecule has 27 heavy (non-hydrogen) atoms. The van der Waals surface area contributed by atoms with Gasteiger partial charge in [-0.3, -0.25) is 0 Å². The molecule has 0 aliphatic carbocycles. The first kappa shape index (κ1) is 17.1. The van der Waals surface area contributed by atoms with Gasteiger partial charge in [-0.2, -0.15) is 10.2 Å². The Morgan fingerprint density at radius 1 is 0.963 bits per heavy atom. The summed E-state index contributed by atoms with van der Waals surface area (Å²) in [5.74, 6) is 0.746. The van der Waals surface area contributed by atoms with Crippen molar-refractivity contribution in [2.45, 2.75) is 6.92 Å². The van der Waals surface area contributed by atoms with E-state index in [9.17, 15) is 9.65 Å². The van der Waals surface area contributed by atoms with E-state index in [0.717, 1.165) is 29.9 Å². The maximum atomic E-state index is 13.1. The predicted molar refractivity (Wildman–Crippen MR) is 102 cm³/mol. The van der Waals surface area contributed by atoms with E-state index < -0.39 is 0 Å². The van der Waals surface area contributed by atoms with Crippen LogP contribution in [0.5, 0.6) is 0 Å². The van der Waals surface area contributed by atoms with Gasteiger partial charge in [-0.25, -0.2) is 4.39 Å². The van der Waals surface area contributed by atoms with Crippen LogP contribution < -0.4 is 9.80 Å². The maximum Gasteiger partial charge on any atom is 0.235 e. The van der Waals surface area contributed by atoms with Gasteiger partial charge in [-0.15, -0.1) is 0 Å². The van der Waals surface area contributed by atoms with Crippen molar-refractivity contribution in [3.63, 3.8) is 0 Å². The second-order valence-electron chi connectivity index (χ2n) is 6.60. The van der Waals surface area contributed by atoms with Crippen LogP contribution in [0.3, 0.4) is 0 Å². The Morgan fingerprint density at radius 3 is 2.22 bits per heavy atom. The molecule has 0 radical (unpaired) electrons. The number of anilines is 2. The number of nitriles is 1. The predicted octanol–water partition coefficient (Wildman–Crippen LogP) is 3.99. The Morgan fingerprint density at radius 2 is 1.59 bits per heavy atom. The minimum atomic E-state index is -0.235. The summed E-state index contributed by atoms with van der Waals surface area (Å²) < 4.78 is 19.1. The average molecular weight is 362 g/mol. The largest absolute Gasteiger partial charge is 0.419 e. The molecular weight excluding hydrogens is 343 g/mol. The lowest BCUT2D eigenvalue weighted by atomic mass is 10.1. The van der Waals surface area contributed by atoms with Crippen molar-refractivity contribution in [2.24, 2.45) is 0 Å². The van der Waals surface area contributed by atoms with E-state index in [2.05, 4.69) is 16.0 Å². The van der Waals surface area contributed by atoms with E-state index in [1.54, 1.807) is 12.1 Å². The highest BCUT2D eigenvalue weighted by Gasteiger charge is 2.24. The number of aryl methyl sites for hydroxylation is 1. The summed E-state index contributed by atoms with van der Waals surface area (Å²) in [5, 5.41) is 9.46. The molecule has 3 aromatic rings. The molecule has 2 aromatic carbocycles. The van der Waals surface area contributed by atoms with Crippen LogP contribution in [0.1, 0.15) is 11.3 Å². The first-order chi connectivity index (χ1) is 13.1. The quantitative estimate of drug-likeness (QED) is 0.705. The van der Waals surface area contributed by atoms with Gasteiger partial charge < -0.3 is 14.2 Å². The second-order valence-corrected chi connectivity index (χ2v) is 6.60. The van der Waals surface area contributed by atoms with Gasteiger partial charge in [0.25, 0.3) is 0 Å². The average Bonchev–Trinajstić information content (AvgIpc) is 3.14. The van der Waals surface area contributed by atoms with E-state index in [-0.39, 0.29) is 5.82 Å². The van der Waals surface area contributed by atoms with Crippen LogP contribution >= 0.6 is 0 Å². The molecule has 6 heteroatoms. The lowest BCUT2D eigenvalue weighted by Crippen LogP contribution is -2.46. The standard InChI is InChI=1S/C21H19FN4O/c1-15-2-4-16(5-3-15)20-24-19(14-23)21(27-20)26-12-10-25(11-13-26)18-8-6-17(22)7-9-18/h2-9H,10-13H2,1H3. The molecule has 1 fully saturated rings. The van der Waals surface area contributed by atoms with Gasteiger partial charge in [0.2, 0.25) is 17.5 Å². The summed E-state index contributed by atoms with van der Waals surface area (Å²) in [6.45, 7) is 4.95. The number of hydrogen-bond acceptors (Lipinski definition) is 5. The fourth-order valence-electron chi connectivity index (χ4n) is 3.24. The van der Waals surface area contributed by atoms with Crippen LogP contribution in [0.15, 0.2) is 52.9 Å². The fraction of sp³-hybridized carbons (Fsp3) is 0.238. The molecule has 136 valence electrons. The van der Waals surface area contributed by atoms with E-state index in [4.69, 9.17) is 4.42 Å². The molecule has 4 rings (SSSR count). The van der Waals surface area contributed by atoms with Gasteiger partial charge >= 0.3 is 0 Å². The van der Waals surface area contributed by atoms with Crippen molar-refractivity contribution < 1.29 is 8.81 Å². The van der Waals surface area contributed by atoms with Crippen LogP contribution in [-0.4, -0.2) is 31.2 Å². The summed E-state index contributed by atoms with van der Waals surface area (Å²) in [7, 11) is 0. The third-order valence-electron chi connectivity index (χ3n) is 4.77. The molecule has 5 nitrogen and oxygen atoms in total. The lowest BCUT2D eigenvalue weighted by Gasteiger charge is -2.35. The Hall–Kier alpha value is -3.33. The van der Waals surface area contributed by atoms with Crippen molar-refractivity contribution in [3.05, 3.63) is 65.6 Å². The Balaban J connectivity index is 1.52. The molecule has 1 saturated heterocycles. The highest BCUT2D eigenvalue weighted by molar-refractivity contribution is 5.60. The number of piperazine rings is 1. The maximum absolute atomic E-state index is 13.1. The number of nitrogens with zero attached hydrogens (tertiary/aromatic N) is 4. The minimum Gasteiger partial charge on any atom is -0.419 e. The number of aromatic nitrogens is 1. The van der Waals surface area contributed by atoms with E-state index >= 15 is 0 Å². The number of benzene rings is 2. The van der Waals surface area contributed by atoms with Crippen LogP contribution in [0, 0.1) is 24.1 Å². The van der Waals surface area contributed by atoms with Gasteiger partial charge in [0.1, 0.15) is 11.9 Å². The van der Waals surface area contributed by atoms with Crippen molar-refractivity contribution >= 4 is 11.6 Å². The molecule has 1 aromatic heterocycles. The summed E-state index contributed by atoms with van der Waals surface area (Å²) in [4.78, 5) is 8.60. The van der Waals surface area contributed by atoms with Crippen molar-refractivity contribution in [1.82, 2.24) is 4.98 Å². The summed E-state index contributed by atoms with van der Waals surface area (Å²) in [5.41, 5.74) is 3.31. The van der Waals surface area contributed by atoms with Crippen molar-refractivity contribution in [2.75, 3.05) is 36.0 Å². The number of oxazole rings is 1. The van der Waals surface area contributed by atoms with Crippen molar-refractivity contribution in [1.29, 1.82) is 5.26 Å². The summed E-state index contributed by atoms with van der Waals surface area (Å²) >= 11 is 0. The Kier molecular flexibility index (Phi) is 4.51. The molecule has 0 N–H and O–H groups in total. The van der Waals surface area contributed by atoms with Gasteiger partial charge in [-0.1, -0.05) is 17.7 Å². The van der Waals surface area contributed by atoms with Gasteiger partial charge in [0.05, 0.1) is 0 Å². The SMILES string of the molecule is Cc1ccc(-c2nc(C#N)c(N3CCN(c4ccc(F)cc4)CC3)o2)cc1. The normalized spacial score (nSPS) is 14.3. The zero-order valence-corrected chi connectivity index (χ0v) is 15.0. The lowest BCUT2D eigenvalue weighted by molar-refractivity contribution is 0.531. The van der Waals surface area contributed by atoms with Crippen LogP contribution in [-0.2, 0) is 0 Å². The number of rotatable bonds is 3. The van der Waals surface area contributed by atoms with Crippen LogP contribution in [0.4, 0.5) is 16.0 Å².